The first kappa shape index (κ1) is 30.2. The Balaban J connectivity index is 0.00000481. The average molecular weight is 532 g/mol. The predicted molar refractivity (Wildman–Crippen MR) is 131 cm³/mol. The summed E-state index contributed by atoms with van der Waals surface area (Å²) in [5.41, 5.74) is 0.196. The molecule has 0 aliphatic carbocycles. The number of amides is 2. The van der Waals surface area contributed by atoms with Gasteiger partial charge in [-0.1, -0.05) is 14.0 Å². The molecule has 7 nitrogen and oxygen atoms in total. The molecule has 2 saturated heterocycles. The van der Waals surface area contributed by atoms with Crippen molar-refractivity contribution in [2.75, 3.05) is 33.2 Å². The molecule has 2 unspecified atom stereocenters. The fourth-order valence-corrected chi connectivity index (χ4v) is 4.47. The van der Waals surface area contributed by atoms with Gasteiger partial charge in [0.15, 0.2) is 0 Å². The lowest BCUT2D eigenvalue weighted by atomic mass is 9.99. The molecule has 2 aliphatic heterocycles. The number of amidine groups is 1. The van der Waals surface area contributed by atoms with E-state index >= 15 is 0 Å². The number of carbonyl (C=O) groups is 2. The number of aliphatic imine (C=N–C) groups is 1. The summed E-state index contributed by atoms with van der Waals surface area (Å²) in [6.45, 7) is 5.43. The number of piperazine rings is 1. The molecule has 37 heavy (non-hydrogen) atoms. The minimum absolute atomic E-state index is 0. The minimum atomic E-state index is -4.67. The summed E-state index contributed by atoms with van der Waals surface area (Å²) < 4.78 is 68.4. The highest BCUT2D eigenvalue weighted by Crippen LogP contribution is 2.25. The number of aryl methyl sites for hydroxylation is 1. The van der Waals surface area contributed by atoms with Crippen molar-refractivity contribution in [3.8, 4) is 0 Å². The maximum atomic E-state index is 14.5. The lowest BCUT2D eigenvalue weighted by Crippen LogP contribution is -2.53. The van der Waals surface area contributed by atoms with Gasteiger partial charge in [-0.3, -0.25) is 14.6 Å². The molecule has 2 fully saturated rings. The van der Waals surface area contributed by atoms with E-state index in [1.807, 2.05) is 0 Å². The maximum absolute atomic E-state index is 14.5. The van der Waals surface area contributed by atoms with Crippen LogP contribution >= 0.6 is 0 Å². The fourth-order valence-electron chi connectivity index (χ4n) is 4.47. The first-order valence-corrected chi connectivity index (χ1v) is 11.7. The van der Waals surface area contributed by atoms with E-state index in [9.17, 15) is 31.5 Å². The summed E-state index contributed by atoms with van der Waals surface area (Å²) in [4.78, 5) is 31.4. The van der Waals surface area contributed by atoms with E-state index in [0.29, 0.717) is 13.0 Å². The molecule has 206 valence electrons. The zero-order valence-corrected chi connectivity index (χ0v) is 20.2. The van der Waals surface area contributed by atoms with Crippen LogP contribution in [-0.2, 0) is 16.0 Å². The third-order valence-corrected chi connectivity index (χ3v) is 6.36. The lowest BCUT2D eigenvalue weighted by Gasteiger charge is -2.38. The normalized spacial score (nSPS) is 19.5. The third kappa shape index (κ3) is 7.50. The van der Waals surface area contributed by atoms with Gasteiger partial charge in [0.05, 0.1) is 12.6 Å². The Kier molecular flexibility index (Phi) is 10.2. The molecule has 0 radical (unpaired) electrons. The van der Waals surface area contributed by atoms with Gasteiger partial charge in [0.2, 0.25) is 17.6 Å². The van der Waals surface area contributed by atoms with Crippen molar-refractivity contribution < 1.29 is 31.5 Å². The highest BCUT2D eigenvalue weighted by atomic mass is 19.4. The van der Waals surface area contributed by atoms with Crippen LogP contribution in [0.5, 0.6) is 0 Å². The van der Waals surface area contributed by atoms with Gasteiger partial charge in [0, 0.05) is 38.3 Å². The quantitative estimate of drug-likeness (QED) is 0.336. The van der Waals surface area contributed by atoms with Crippen LogP contribution in [0, 0.1) is 18.6 Å². The molecule has 2 N–H and O–H groups in total. The summed E-state index contributed by atoms with van der Waals surface area (Å²) >= 11 is 0. The maximum Gasteiger partial charge on any atom is 0.449 e. The van der Waals surface area contributed by atoms with E-state index in [1.165, 1.54) is 11.8 Å². The largest absolute Gasteiger partial charge is 0.449 e. The van der Waals surface area contributed by atoms with Crippen molar-refractivity contribution in [1.29, 1.82) is 0 Å². The van der Waals surface area contributed by atoms with Crippen molar-refractivity contribution in [3.63, 3.8) is 0 Å². The van der Waals surface area contributed by atoms with Crippen molar-refractivity contribution >= 4 is 17.6 Å². The summed E-state index contributed by atoms with van der Waals surface area (Å²) in [5.74, 6) is -3.14. The van der Waals surface area contributed by atoms with Gasteiger partial charge < -0.3 is 20.4 Å². The molecule has 2 aliphatic rings. The molecule has 0 spiro atoms. The van der Waals surface area contributed by atoms with Crippen LogP contribution in [0.25, 0.3) is 0 Å². The Bertz CT molecular complexity index is 1040. The Morgan fingerprint density at radius 2 is 1.95 bits per heavy atom. The third-order valence-electron chi connectivity index (χ3n) is 6.36. The Morgan fingerprint density at radius 3 is 2.51 bits per heavy atom. The van der Waals surface area contributed by atoms with Gasteiger partial charge in [-0.2, -0.15) is 13.2 Å². The van der Waals surface area contributed by atoms with Crippen LogP contribution in [0.4, 0.5) is 22.0 Å². The summed E-state index contributed by atoms with van der Waals surface area (Å²) in [7, 11) is 1.03. The summed E-state index contributed by atoms with van der Waals surface area (Å²) in [6, 6.07) is 0.810. The number of hydrogen-bond donors (Lipinski definition) is 2. The zero-order valence-electron chi connectivity index (χ0n) is 20.2. The summed E-state index contributed by atoms with van der Waals surface area (Å²) in [6.07, 6.45) is -3.61. The number of hydrogen-bond acceptors (Lipinski definition) is 4. The van der Waals surface area contributed by atoms with Gasteiger partial charge in [0.25, 0.3) is 0 Å². The molecule has 0 aromatic heterocycles. The molecular weight excluding hydrogens is 497 g/mol. The molecule has 2 atom stereocenters. The van der Waals surface area contributed by atoms with Gasteiger partial charge in [0.1, 0.15) is 11.6 Å². The number of alkyl halides is 3. The second-order valence-electron chi connectivity index (χ2n) is 9.03. The molecule has 3 rings (SSSR count). The first-order valence-electron chi connectivity index (χ1n) is 11.7. The van der Waals surface area contributed by atoms with Crippen LogP contribution < -0.4 is 10.6 Å². The molecule has 1 aromatic carbocycles. The highest BCUT2D eigenvalue weighted by Gasteiger charge is 2.42. The highest BCUT2D eigenvalue weighted by molar-refractivity contribution is 5.89. The predicted octanol–water partition coefficient (Wildman–Crippen LogP) is 3.33. The lowest BCUT2D eigenvalue weighted by molar-refractivity contribution is -0.132. The SMILES string of the molecule is C.C=C1CN(C(=O)CC(Cc2cc(F)c(C)cc2F)NC(=O)C2CCCN2)CCN1C(=NC)C(F)(F)F. The van der Waals surface area contributed by atoms with Gasteiger partial charge in [-0.15, -0.1) is 0 Å². The number of carbonyl (C=O) groups excluding carboxylic acids is 2. The summed E-state index contributed by atoms with van der Waals surface area (Å²) in [5, 5.41) is 5.81. The van der Waals surface area contributed by atoms with Crippen LogP contribution in [-0.4, -0.2) is 78.9 Å². The molecule has 0 bridgehead atoms. The topological polar surface area (TPSA) is 77.0 Å². The standard InChI is InChI=1S/C24H30F5N5O2.CH4/c1-14-9-19(26)16(11-18(14)25)10-17(32-22(36)20-5-4-6-31-20)12-21(35)33-7-8-34(15(2)13-33)23(30-3)24(27,28)29;/h9,11,17,20,31H,2,4-8,10,12-13H2,1,3H3,(H,32,36);1H4. The van der Waals surface area contributed by atoms with E-state index in [2.05, 4.69) is 22.2 Å². The Morgan fingerprint density at radius 1 is 1.24 bits per heavy atom. The number of nitrogens with zero attached hydrogens (tertiary/aromatic N) is 3. The molecule has 12 heteroatoms. The molecule has 1 aromatic rings. The zero-order chi connectivity index (χ0) is 26.6. The Hall–Kier alpha value is -3.02. The first-order chi connectivity index (χ1) is 16.9. The van der Waals surface area contributed by atoms with Crippen LogP contribution in [0.3, 0.4) is 0 Å². The van der Waals surface area contributed by atoms with E-state index in [-0.39, 0.29) is 62.6 Å². The van der Waals surface area contributed by atoms with Crippen molar-refractivity contribution in [1.82, 2.24) is 20.4 Å². The average Bonchev–Trinajstić information content (AvgIpc) is 3.33. The van der Waals surface area contributed by atoms with Gasteiger partial charge in [-0.25, -0.2) is 8.78 Å². The van der Waals surface area contributed by atoms with E-state index in [0.717, 1.165) is 30.5 Å². The van der Waals surface area contributed by atoms with E-state index in [1.54, 1.807) is 0 Å². The van der Waals surface area contributed by atoms with Crippen LogP contribution in [0.2, 0.25) is 0 Å². The number of nitrogens with one attached hydrogen (secondary N) is 2. The van der Waals surface area contributed by atoms with Crippen molar-refractivity contribution in [2.45, 2.75) is 58.3 Å². The molecule has 0 saturated carbocycles. The second kappa shape index (κ2) is 12.5. The van der Waals surface area contributed by atoms with E-state index < -0.39 is 41.6 Å². The minimum Gasteiger partial charge on any atom is -0.351 e. The van der Waals surface area contributed by atoms with E-state index in [4.69, 9.17) is 0 Å². The van der Waals surface area contributed by atoms with Crippen LogP contribution in [0.1, 0.15) is 37.8 Å². The molecule has 2 heterocycles. The van der Waals surface area contributed by atoms with Gasteiger partial charge >= 0.3 is 6.18 Å². The smallest absolute Gasteiger partial charge is 0.351 e. The second-order valence-corrected chi connectivity index (χ2v) is 9.03. The number of benzene rings is 1. The molecule has 2 amide bonds. The van der Waals surface area contributed by atoms with Gasteiger partial charge in [-0.05, 0) is 56.0 Å². The molecular formula is C25H34F5N5O2. The monoisotopic (exact) mass is 531 g/mol. The van der Waals surface area contributed by atoms with Crippen molar-refractivity contribution in [2.24, 2.45) is 4.99 Å². The van der Waals surface area contributed by atoms with Crippen molar-refractivity contribution in [3.05, 3.63) is 47.2 Å². The fraction of sp³-hybridized carbons (Fsp3) is 0.560. The number of rotatable bonds is 6. The number of halogens is 5. The van der Waals surface area contributed by atoms with Crippen LogP contribution in [0.15, 0.2) is 29.4 Å². The Labute approximate surface area is 213 Å².